The zero-order valence-corrected chi connectivity index (χ0v) is 17.7. The number of hydrogen-bond donors (Lipinski definition) is 0. The molecule has 3 aromatic rings. The second-order valence-electron chi connectivity index (χ2n) is 7.77. The van der Waals surface area contributed by atoms with Gasteiger partial charge in [-0.2, -0.15) is 0 Å². The van der Waals surface area contributed by atoms with E-state index in [1.54, 1.807) is 4.57 Å². The van der Waals surface area contributed by atoms with Crippen molar-refractivity contribution in [1.29, 1.82) is 0 Å². The first-order valence-corrected chi connectivity index (χ1v) is 10.0. The molecule has 162 valence electrons. The van der Waals surface area contributed by atoms with E-state index in [0.29, 0.717) is 32.2 Å². The zero-order chi connectivity index (χ0) is 21.6. The van der Waals surface area contributed by atoms with Crippen molar-refractivity contribution in [3.8, 4) is 5.75 Å². The van der Waals surface area contributed by atoms with Gasteiger partial charge in [0.2, 0.25) is 0 Å². The van der Waals surface area contributed by atoms with Crippen molar-refractivity contribution >= 4 is 27.9 Å². The maximum atomic E-state index is 12.9. The fourth-order valence-electron chi connectivity index (χ4n) is 3.14. The molecule has 0 bridgehead atoms. The molecule has 30 heavy (non-hydrogen) atoms. The number of aromatic nitrogens is 1. The van der Waals surface area contributed by atoms with Gasteiger partial charge in [0.25, 0.3) is 0 Å². The van der Waals surface area contributed by atoms with Crippen LogP contribution < -0.4 is 4.74 Å². The molecule has 0 fully saturated rings. The van der Waals surface area contributed by atoms with Gasteiger partial charge in [-0.05, 0) is 39.0 Å². The molecule has 0 spiro atoms. The van der Waals surface area contributed by atoms with Gasteiger partial charge in [0, 0.05) is 16.8 Å². The average Bonchev–Trinajstić information content (AvgIpc) is 3.02. The molecule has 7 heteroatoms. The number of benzene rings is 2. The predicted molar refractivity (Wildman–Crippen MR) is 114 cm³/mol. The Balaban J connectivity index is 1.75. The van der Waals surface area contributed by atoms with Crippen LogP contribution >= 0.6 is 0 Å². The van der Waals surface area contributed by atoms with Gasteiger partial charge in [0.15, 0.2) is 0 Å². The van der Waals surface area contributed by atoms with Gasteiger partial charge >= 0.3 is 6.09 Å². The Bertz CT molecular complexity index is 992. The summed E-state index contributed by atoms with van der Waals surface area (Å²) in [6.07, 6.45) is -0.428. The summed E-state index contributed by atoms with van der Waals surface area (Å²) in [6, 6.07) is 13.4. The third-order valence-corrected chi connectivity index (χ3v) is 4.31. The van der Waals surface area contributed by atoms with E-state index in [0.717, 1.165) is 21.8 Å². The summed E-state index contributed by atoms with van der Waals surface area (Å²) in [4.78, 5) is 12.9. The molecule has 3 rings (SSSR count). The number of hydrogen-bond acceptors (Lipinski definition) is 5. The van der Waals surface area contributed by atoms with E-state index in [4.69, 9.17) is 18.9 Å². The quantitative estimate of drug-likeness (QED) is 0.462. The lowest BCUT2D eigenvalue weighted by molar-refractivity contribution is 0.0325. The van der Waals surface area contributed by atoms with Gasteiger partial charge in [-0.1, -0.05) is 18.2 Å². The van der Waals surface area contributed by atoms with E-state index in [2.05, 4.69) is 0 Å². The molecule has 0 amide bonds. The van der Waals surface area contributed by atoms with Gasteiger partial charge in [0.05, 0.1) is 37.5 Å². The average molecular weight is 416 g/mol. The summed E-state index contributed by atoms with van der Waals surface area (Å²) in [5, 5.41) is 1.92. The maximum Gasteiger partial charge on any atom is 0.419 e. The summed E-state index contributed by atoms with van der Waals surface area (Å²) in [7, 11) is 0. The van der Waals surface area contributed by atoms with Crippen molar-refractivity contribution in [2.24, 2.45) is 0 Å². The number of halogens is 1. The second-order valence-corrected chi connectivity index (χ2v) is 7.77. The van der Waals surface area contributed by atoms with Crippen molar-refractivity contribution in [2.75, 3.05) is 39.7 Å². The maximum absolute atomic E-state index is 12.9. The predicted octanol–water partition coefficient (Wildman–Crippen LogP) is 4.96. The first-order valence-electron chi connectivity index (χ1n) is 10.0. The topological polar surface area (TPSA) is 58.9 Å². The number of para-hydroxylation sites is 1. The minimum atomic E-state index is -0.603. The molecule has 0 saturated carbocycles. The molecule has 0 radical (unpaired) electrons. The Morgan fingerprint density at radius 3 is 2.30 bits per heavy atom. The molecule has 1 aromatic heterocycles. The number of alkyl halides is 1. The van der Waals surface area contributed by atoms with Crippen molar-refractivity contribution in [2.45, 2.75) is 26.4 Å². The van der Waals surface area contributed by atoms with Crippen LogP contribution in [0, 0.1) is 0 Å². The number of carbonyl (C=O) groups excluding carboxylic acids is 1. The molecule has 0 N–H and O–H groups in total. The Hall–Kier alpha value is -2.64. The highest BCUT2D eigenvalue weighted by atomic mass is 18.2. The molecular formula is C23H28FNO5. The van der Waals surface area contributed by atoms with Crippen LogP contribution in [0.2, 0.25) is 0 Å². The first kappa shape index (κ1) is 22.1. The van der Waals surface area contributed by atoms with Crippen molar-refractivity contribution in [3.05, 3.63) is 42.5 Å². The molecule has 0 aliphatic heterocycles. The van der Waals surface area contributed by atoms with Gasteiger partial charge < -0.3 is 18.9 Å². The standard InChI is InChI=1S/C23H28FNO5/c1-23(2,3)30-22(26)25-20-7-5-4-6-18(20)19-9-8-17(16-21(19)25)29-15-14-28-13-12-27-11-10-24/h4-9,16H,10-15H2,1-3H3/i24-1. The molecule has 0 aliphatic carbocycles. The highest BCUT2D eigenvalue weighted by molar-refractivity contribution is 6.12. The number of rotatable bonds is 9. The lowest BCUT2D eigenvalue weighted by Gasteiger charge is -2.20. The normalized spacial score (nSPS) is 11.9. The van der Waals surface area contributed by atoms with E-state index < -0.39 is 18.4 Å². The van der Waals surface area contributed by atoms with Crippen LogP contribution in [0.25, 0.3) is 21.8 Å². The number of fused-ring (bicyclic) bond motifs is 3. The molecule has 0 saturated heterocycles. The van der Waals surface area contributed by atoms with Crippen LogP contribution in [-0.2, 0) is 14.2 Å². The minimum absolute atomic E-state index is 0.0888. The lowest BCUT2D eigenvalue weighted by atomic mass is 10.1. The van der Waals surface area contributed by atoms with Gasteiger partial charge in [-0.25, -0.2) is 13.8 Å². The molecule has 0 aliphatic rings. The smallest absolute Gasteiger partial charge is 0.419 e. The van der Waals surface area contributed by atoms with Crippen LogP contribution in [-0.4, -0.2) is 56.0 Å². The number of carbonyl (C=O) groups is 1. The van der Waals surface area contributed by atoms with Crippen LogP contribution in [0.1, 0.15) is 20.8 Å². The number of ether oxygens (including phenoxy) is 4. The van der Waals surface area contributed by atoms with Crippen LogP contribution in [0.5, 0.6) is 5.75 Å². The number of nitrogens with zero attached hydrogens (tertiary/aromatic N) is 1. The summed E-state index contributed by atoms with van der Waals surface area (Å²) < 4.78 is 35.3. The Labute approximate surface area is 175 Å². The Morgan fingerprint density at radius 2 is 1.57 bits per heavy atom. The van der Waals surface area contributed by atoms with E-state index in [9.17, 15) is 9.18 Å². The van der Waals surface area contributed by atoms with E-state index in [-0.39, 0.29) is 6.61 Å². The molecule has 0 unspecified atom stereocenters. The van der Waals surface area contributed by atoms with Crippen LogP contribution in [0.3, 0.4) is 0 Å². The van der Waals surface area contributed by atoms with Gasteiger partial charge in [-0.15, -0.1) is 0 Å². The molecule has 6 nitrogen and oxygen atoms in total. The minimum Gasteiger partial charge on any atom is -0.491 e. The molecule has 1 heterocycles. The lowest BCUT2D eigenvalue weighted by Crippen LogP contribution is -2.27. The monoisotopic (exact) mass is 416 g/mol. The Morgan fingerprint density at radius 1 is 0.900 bits per heavy atom. The molecule has 0 atom stereocenters. The van der Waals surface area contributed by atoms with Gasteiger partial charge in [-0.3, -0.25) is 0 Å². The van der Waals surface area contributed by atoms with Crippen LogP contribution in [0.4, 0.5) is 9.18 Å². The van der Waals surface area contributed by atoms with Gasteiger partial charge in [0.1, 0.15) is 24.6 Å². The fraction of sp³-hybridized carbons (Fsp3) is 0.435. The highest BCUT2D eigenvalue weighted by Gasteiger charge is 2.22. The molecular weight excluding hydrogens is 388 g/mol. The second kappa shape index (κ2) is 9.91. The largest absolute Gasteiger partial charge is 0.491 e. The van der Waals surface area contributed by atoms with Crippen molar-refractivity contribution in [1.82, 2.24) is 4.57 Å². The van der Waals surface area contributed by atoms with E-state index >= 15 is 0 Å². The summed E-state index contributed by atoms with van der Waals surface area (Å²) in [6.45, 7) is 6.59. The fourth-order valence-corrected chi connectivity index (χ4v) is 3.14. The SMILES string of the molecule is CC(C)(C)OC(=O)n1c2ccccc2c2ccc(OCCOCCOCC[18F])cc21. The van der Waals surface area contributed by atoms with Crippen molar-refractivity contribution in [3.63, 3.8) is 0 Å². The summed E-state index contributed by atoms with van der Waals surface area (Å²) in [5.74, 6) is 0.632. The summed E-state index contributed by atoms with van der Waals surface area (Å²) >= 11 is 0. The summed E-state index contributed by atoms with van der Waals surface area (Å²) in [5.41, 5.74) is 0.910. The van der Waals surface area contributed by atoms with E-state index in [1.807, 2.05) is 63.2 Å². The molecule has 2 aromatic carbocycles. The highest BCUT2D eigenvalue weighted by Crippen LogP contribution is 2.32. The van der Waals surface area contributed by atoms with E-state index in [1.165, 1.54) is 0 Å². The Kier molecular flexibility index (Phi) is 7.29. The zero-order valence-electron chi connectivity index (χ0n) is 17.7. The van der Waals surface area contributed by atoms with Crippen molar-refractivity contribution < 1.29 is 28.1 Å². The third kappa shape index (κ3) is 5.49. The first-order chi connectivity index (χ1) is 14.4. The van der Waals surface area contributed by atoms with Crippen LogP contribution in [0.15, 0.2) is 42.5 Å². The third-order valence-electron chi connectivity index (χ3n) is 4.31.